The molecule has 1 heterocycles. The summed E-state index contributed by atoms with van der Waals surface area (Å²) >= 11 is 0. The van der Waals surface area contributed by atoms with Crippen LogP contribution in [-0.2, 0) is 51.1 Å². The van der Waals surface area contributed by atoms with Crippen molar-refractivity contribution in [3.05, 3.63) is 0 Å². The van der Waals surface area contributed by atoms with E-state index in [4.69, 9.17) is 38.4 Å². The van der Waals surface area contributed by atoms with Gasteiger partial charge >= 0.3 is 40.7 Å². The molecule has 7 N–H and O–H groups in total. The van der Waals surface area contributed by atoms with Crippen LogP contribution in [0.3, 0.4) is 0 Å². The lowest BCUT2D eigenvalue weighted by molar-refractivity contribution is -0.282. The third-order valence-electron chi connectivity index (χ3n) is 3.87. The molecule has 0 aromatic carbocycles. The molecule has 1 fully saturated rings. The molecule has 1 aliphatic heterocycles. The smallest absolute Gasteiger partial charge is 0.339 e. The van der Waals surface area contributed by atoms with Crippen molar-refractivity contribution in [1.29, 1.82) is 0 Å². The molecule has 198 valence electrons. The first kappa shape index (κ1) is 30.8. The van der Waals surface area contributed by atoms with Crippen LogP contribution in [-0.4, -0.2) is 116 Å². The summed E-state index contributed by atoms with van der Waals surface area (Å²) < 4.78 is 61.2. The number of hydrogen-bond donors (Lipinski definition) is 7. The van der Waals surface area contributed by atoms with E-state index in [1.54, 1.807) is 0 Å². The van der Waals surface area contributed by atoms with Crippen molar-refractivity contribution in [2.45, 2.75) is 30.7 Å². The fourth-order valence-corrected chi connectivity index (χ4v) is 5.88. The van der Waals surface area contributed by atoms with Crippen LogP contribution in [0.2, 0.25) is 0 Å². The number of carboxylic acid groups (broad SMARTS) is 3. The minimum Gasteiger partial charge on any atom is -0.481 e. The molecule has 0 spiro atoms. The monoisotopic (exact) mass is 560 g/mol. The zero-order valence-electron chi connectivity index (χ0n) is 17.2. The van der Waals surface area contributed by atoms with Crippen molar-refractivity contribution in [2.75, 3.05) is 32.2 Å². The topological polar surface area (TPSA) is 290 Å². The second-order valence-corrected chi connectivity index (χ2v) is 12.1. The zero-order valence-corrected chi connectivity index (χ0v) is 19.9. The summed E-state index contributed by atoms with van der Waals surface area (Å²) in [6, 6.07) is 0. The molecular weight excluding hydrogens is 537 g/mol. The van der Waals surface area contributed by atoms with Crippen molar-refractivity contribution < 1.29 is 86.2 Å². The Morgan fingerprint density at radius 1 is 0.735 bits per heavy atom. The van der Waals surface area contributed by atoms with Gasteiger partial charge in [0.05, 0.1) is 6.61 Å². The van der Waals surface area contributed by atoms with Crippen LogP contribution in [0.4, 0.5) is 0 Å². The second kappa shape index (κ2) is 12.1. The highest BCUT2D eigenvalue weighted by atomic mass is 31.2. The molecule has 1 saturated heterocycles. The van der Waals surface area contributed by atoms with Crippen LogP contribution in [0.25, 0.3) is 0 Å². The number of rotatable bonds is 14. The van der Waals surface area contributed by atoms with Gasteiger partial charge in [-0.25, -0.2) is 0 Å². The molecule has 0 aliphatic carbocycles. The molecular formula is C13H23O18P3. The summed E-state index contributed by atoms with van der Waals surface area (Å²) in [5, 5.41) is 36.0. The van der Waals surface area contributed by atoms with Crippen molar-refractivity contribution in [3.63, 3.8) is 0 Å². The fourth-order valence-electron chi connectivity index (χ4n) is 2.77. The van der Waals surface area contributed by atoms with E-state index in [1.165, 1.54) is 0 Å². The van der Waals surface area contributed by atoms with E-state index in [0.717, 1.165) is 7.11 Å². The van der Waals surface area contributed by atoms with E-state index < -0.39 is 96.5 Å². The summed E-state index contributed by atoms with van der Waals surface area (Å²) in [5.74, 6) is -5.47. The number of aliphatic hydroxyl groups is 1. The van der Waals surface area contributed by atoms with Crippen LogP contribution in [0.1, 0.15) is 0 Å². The van der Waals surface area contributed by atoms with Crippen LogP contribution in [0.5, 0.6) is 0 Å². The lowest BCUT2D eigenvalue weighted by Crippen LogP contribution is -2.61. The average Bonchev–Trinajstić information content (AvgIpc) is 2.60. The molecule has 0 bridgehead atoms. The largest absolute Gasteiger partial charge is 0.481 e. The number of carboxylic acids is 3. The summed E-state index contributed by atoms with van der Waals surface area (Å²) in [7, 11) is -14.5. The van der Waals surface area contributed by atoms with Gasteiger partial charge in [-0.15, -0.1) is 0 Å². The Morgan fingerprint density at radius 2 is 1.09 bits per heavy atom. The van der Waals surface area contributed by atoms with Gasteiger partial charge in [0.2, 0.25) is 0 Å². The number of aliphatic hydroxyl groups excluding tert-OH is 1. The predicted molar refractivity (Wildman–Crippen MR) is 104 cm³/mol. The fraction of sp³-hybridized carbons (Fsp3) is 0.769. The Labute approximate surface area is 190 Å². The summed E-state index contributed by atoms with van der Waals surface area (Å²) in [4.78, 5) is 62.2. The molecule has 18 nitrogen and oxygen atoms in total. The number of carbonyl (C=O) groups is 3. The Bertz CT molecular complexity index is 852. The van der Waals surface area contributed by atoms with Gasteiger partial charge < -0.3 is 44.6 Å². The first-order chi connectivity index (χ1) is 15.4. The van der Waals surface area contributed by atoms with Gasteiger partial charge in [0, 0.05) is 7.11 Å². The molecule has 0 aromatic heterocycles. The number of hydrogen-bond acceptors (Lipinski definition) is 12. The summed E-state index contributed by atoms with van der Waals surface area (Å²) in [6.45, 7) is -1.08. The van der Waals surface area contributed by atoms with Crippen molar-refractivity contribution >= 4 is 40.7 Å². The van der Waals surface area contributed by atoms with Crippen molar-refractivity contribution in [1.82, 2.24) is 0 Å². The molecule has 1 aliphatic rings. The van der Waals surface area contributed by atoms with Gasteiger partial charge in [0.1, 0.15) is 42.9 Å². The van der Waals surface area contributed by atoms with Crippen LogP contribution in [0, 0.1) is 0 Å². The van der Waals surface area contributed by atoms with Crippen LogP contribution >= 0.6 is 22.8 Å². The average molecular weight is 560 g/mol. The molecule has 1 rings (SSSR count). The normalized spacial score (nSPS) is 30.4. The van der Waals surface area contributed by atoms with E-state index in [1.807, 2.05) is 0 Å². The Hall–Kier alpha value is -1.26. The van der Waals surface area contributed by atoms with E-state index >= 15 is 0 Å². The zero-order chi connectivity index (χ0) is 26.5. The van der Waals surface area contributed by atoms with Crippen LogP contribution in [0.15, 0.2) is 0 Å². The van der Waals surface area contributed by atoms with E-state index in [9.17, 15) is 47.9 Å². The van der Waals surface area contributed by atoms with E-state index in [-0.39, 0.29) is 0 Å². The molecule has 34 heavy (non-hydrogen) atoms. The maximum absolute atomic E-state index is 12.3. The molecule has 0 amide bonds. The van der Waals surface area contributed by atoms with Crippen LogP contribution < -0.4 is 0 Å². The quantitative estimate of drug-likeness (QED) is 0.117. The number of methoxy groups -OCH3 is 1. The Balaban J connectivity index is 3.55. The first-order valence-electron chi connectivity index (χ1n) is 8.87. The van der Waals surface area contributed by atoms with Gasteiger partial charge in [-0.3, -0.25) is 41.6 Å². The van der Waals surface area contributed by atoms with Gasteiger partial charge in [-0.2, -0.15) is 0 Å². The molecule has 0 saturated carbocycles. The lowest BCUT2D eigenvalue weighted by atomic mass is 9.99. The van der Waals surface area contributed by atoms with E-state index in [2.05, 4.69) is 0 Å². The second-order valence-electron chi connectivity index (χ2n) is 6.74. The third-order valence-corrected chi connectivity index (χ3v) is 7.60. The summed E-state index contributed by atoms with van der Waals surface area (Å²) in [5.41, 5.74) is 0. The first-order valence-corrected chi connectivity index (χ1v) is 14.2. The maximum Gasteiger partial charge on any atom is 0.339 e. The van der Waals surface area contributed by atoms with Crippen molar-refractivity contribution in [2.24, 2.45) is 0 Å². The molecule has 0 aromatic rings. The third kappa shape index (κ3) is 9.77. The minimum absolute atomic E-state index is 0.921. The van der Waals surface area contributed by atoms with Crippen molar-refractivity contribution in [3.8, 4) is 0 Å². The Kier molecular flexibility index (Phi) is 11.0. The van der Waals surface area contributed by atoms with Gasteiger partial charge in [0.25, 0.3) is 0 Å². The van der Waals surface area contributed by atoms with Gasteiger partial charge in [-0.05, 0) is 0 Å². The van der Waals surface area contributed by atoms with Gasteiger partial charge in [0.15, 0.2) is 6.29 Å². The molecule has 21 heteroatoms. The maximum atomic E-state index is 12.3. The standard InChI is InChI=1S/C13H23O18P3/c1-27-13-12(31-34(25,26)5-9(19)20)11(30-33(23,24)4-8(17)18)10(6(2-14)28-13)29-32(21,22)3-7(15)16/h6,10-14H,2-5H2,1H3,(H,15,16)(H,17,18)(H,19,20)(H,21,22)(H,23,24)(H,25,26)/t6-,10-,11+,12+,13+/m1/s1. The predicted octanol–water partition coefficient (Wildman–Crippen LogP) is -1.68. The highest BCUT2D eigenvalue weighted by molar-refractivity contribution is 7.54. The SMILES string of the molecule is CO[C@H]1O[C@H](CO)[C@@H](OP(=O)(O)CC(=O)O)[C@H](OP(=O)(O)CC(=O)O)[C@@H]1OP(=O)(O)CC(=O)O. The highest BCUT2D eigenvalue weighted by Crippen LogP contribution is 2.53. The Morgan fingerprint density at radius 3 is 1.41 bits per heavy atom. The number of ether oxygens (including phenoxy) is 2. The number of aliphatic carboxylic acids is 3. The van der Waals surface area contributed by atoms with Gasteiger partial charge in [-0.1, -0.05) is 0 Å². The minimum atomic E-state index is -5.18. The molecule has 3 unspecified atom stereocenters. The van der Waals surface area contributed by atoms with E-state index in [0.29, 0.717) is 0 Å². The lowest BCUT2D eigenvalue weighted by Gasteiger charge is -2.45. The molecule has 8 atom stereocenters. The molecule has 0 radical (unpaired) electrons. The highest BCUT2D eigenvalue weighted by Gasteiger charge is 2.54. The summed E-state index contributed by atoms with van der Waals surface area (Å²) in [6.07, 6.45) is -14.8.